The molecule has 3 saturated carbocycles. The Morgan fingerprint density at radius 1 is 1.03 bits per heavy atom. The van der Waals surface area contributed by atoms with Gasteiger partial charge in [-0.15, -0.1) is 0 Å². The number of nitrogens with one attached hydrogen (secondary N) is 1. The maximum Gasteiger partial charge on any atom is 0.407 e. The average molecular weight is 515 g/mol. The second kappa shape index (κ2) is 12.4. The van der Waals surface area contributed by atoms with Crippen LogP contribution in [-0.2, 0) is 4.74 Å². The Labute approximate surface area is 228 Å². The van der Waals surface area contributed by atoms with Gasteiger partial charge in [-0.05, 0) is 111 Å². The summed E-state index contributed by atoms with van der Waals surface area (Å²) in [6.45, 7) is 14.0. The summed E-state index contributed by atoms with van der Waals surface area (Å²) in [5.74, 6) is 5.20. The van der Waals surface area contributed by atoms with Gasteiger partial charge in [-0.1, -0.05) is 72.0 Å². The molecule has 0 radical (unpaired) electrons. The lowest BCUT2D eigenvalue weighted by molar-refractivity contribution is -0.0581. The third-order valence-corrected chi connectivity index (χ3v) is 11.7. The molecule has 0 aromatic carbocycles. The molecule has 1 amide bonds. The Bertz CT molecular complexity index is 793. The first-order valence-corrected chi connectivity index (χ1v) is 16.0. The highest BCUT2D eigenvalue weighted by Gasteiger charge is 2.59. The molecule has 3 N–H and O–H groups in total. The van der Waals surface area contributed by atoms with Crippen molar-refractivity contribution < 1.29 is 9.53 Å². The van der Waals surface area contributed by atoms with Crippen LogP contribution in [0.3, 0.4) is 0 Å². The predicted octanol–water partition coefficient (Wildman–Crippen LogP) is 8.25. The predicted molar refractivity (Wildman–Crippen MR) is 154 cm³/mol. The number of rotatable bonds is 11. The normalized spacial score (nSPS) is 37.8. The zero-order valence-corrected chi connectivity index (χ0v) is 24.8. The lowest BCUT2D eigenvalue weighted by Crippen LogP contribution is -2.51. The molecule has 0 bridgehead atoms. The van der Waals surface area contributed by atoms with E-state index in [1.54, 1.807) is 5.57 Å². The molecule has 37 heavy (non-hydrogen) atoms. The number of alkyl carbamates (subject to hydrolysis) is 1. The molecule has 0 aliphatic heterocycles. The third-order valence-electron chi connectivity index (χ3n) is 11.7. The van der Waals surface area contributed by atoms with Gasteiger partial charge >= 0.3 is 6.09 Å². The minimum absolute atomic E-state index is 0.0383. The minimum atomic E-state index is -0.233. The van der Waals surface area contributed by atoms with Crippen LogP contribution in [0.1, 0.15) is 125 Å². The average Bonchev–Trinajstić information content (AvgIpc) is 3.21. The number of amides is 1. The van der Waals surface area contributed by atoms with E-state index in [1.165, 1.54) is 57.8 Å². The van der Waals surface area contributed by atoms with Crippen LogP contribution >= 0.6 is 0 Å². The van der Waals surface area contributed by atoms with E-state index >= 15 is 0 Å². The van der Waals surface area contributed by atoms with Gasteiger partial charge in [0.1, 0.15) is 6.10 Å². The van der Waals surface area contributed by atoms with Crippen LogP contribution in [0.25, 0.3) is 0 Å². The second-order valence-electron chi connectivity index (χ2n) is 14.3. The summed E-state index contributed by atoms with van der Waals surface area (Å²) < 4.78 is 5.88. The van der Waals surface area contributed by atoms with E-state index in [1.807, 2.05) is 0 Å². The summed E-state index contributed by atoms with van der Waals surface area (Å²) in [4.78, 5) is 12.4. The molecule has 0 heterocycles. The van der Waals surface area contributed by atoms with Crippen molar-refractivity contribution in [3.05, 3.63) is 11.6 Å². The number of hydrogen-bond acceptors (Lipinski definition) is 3. The smallest absolute Gasteiger partial charge is 0.407 e. The first-order chi connectivity index (χ1) is 17.7. The number of unbranched alkanes of at least 4 members (excludes halogenated alkanes) is 2. The summed E-state index contributed by atoms with van der Waals surface area (Å²) in [6, 6.07) is 0. The molecule has 4 heteroatoms. The number of allylic oxidation sites excluding steroid dienone is 1. The number of fused-ring (bicyclic) bond motifs is 5. The summed E-state index contributed by atoms with van der Waals surface area (Å²) in [5.41, 5.74) is 8.01. The standard InChI is InChI=1S/C33H58N2O2/c1-23(2)10-9-11-24(3)28-14-15-29-27-13-12-25-22-26(37-31(36)35-21-8-6-7-20-34)16-18-32(25,4)30(27)17-19-33(28,29)5/h12,23-24,26-30H,6-11,13-22,34H2,1-5H3,(H,35,36)/t24-,26+,27+,28-,29+,30+,32+,33-/m1/s1. The van der Waals surface area contributed by atoms with Crippen LogP contribution in [0, 0.1) is 46.3 Å². The van der Waals surface area contributed by atoms with Crippen LogP contribution in [0.15, 0.2) is 11.6 Å². The number of nitrogens with two attached hydrogens (primary N) is 1. The fraction of sp³-hybridized carbons (Fsp3) is 0.909. The van der Waals surface area contributed by atoms with Crippen LogP contribution in [0.2, 0.25) is 0 Å². The SMILES string of the molecule is CC(C)CCC[C@@H](C)[C@H]1CC[C@H]2[C@@H]3CC=C4C[C@@H](OC(=O)NCCCCCN)CC[C@]4(C)[C@H]3CC[C@]12C. The van der Waals surface area contributed by atoms with E-state index in [4.69, 9.17) is 10.5 Å². The Kier molecular flexibility index (Phi) is 9.73. The van der Waals surface area contributed by atoms with Gasteiger partial charge in [0.15, 0.2) is 0 Å². The number of carbonyl (C=O) groups is 1. The minimum Gasteiger partial charge on any atom is -0.446 e. The molecule has 0 spiro atoms. The third kappa shape index (κ3) is 6.25. The van der Waals surface area contributed by atoms with Crippen molar-refractivity contribution in [2.75, 3.05) is 13.1 Å². The molecular weight excluding hydrogens is 456 g/mol. The van der Waals surface area contributed by atoms with Gasteiger partial charge in [-0.2, -0.15) is 0 Å². The highest BCUT2D eigenvalue weighted by Crippen LogP contribution is 2.67. The van der Waals surface area contributed by atoms with Crippen molar-refractivity contribution in [2.24, 2.45) is 52.1 Å². The molecule has 4 aliphatic rings. The van der Waals surface area contributed by atoms with E-state index in [2.05, 4.69) is 46.0 Å². The van der Waals surface area contributed by atoms with E-state index in [9.17, 15) is 4.79 Å². The van der Waals surface area contributed by atoms with Gasteiger partial charge in [-0.3, -0.25) is 0 Å². The van der Waals surface area contributed by atoms with Crippen molar-refractivity contribution in [2.45, 2.75) is 131 Å². The van der Waals surface area contributed by atoms with Crippen molar-refractivity contribution in [3.8, 4) is 0 Å². The largest absolute Gasteiger partial charge is 0.446 e. The molecule has 8 atom stereocenters. The molecule has 4 nitrogen and oxygen atoms in total. The Hall–Kier alpha value is -1.03. The Morgan fingerprint density at radius 2 is 1.84 bits per heavy atom. The lowest BCUT2D eigenvalue weighted by atomic mass is 9.47. The quantitative estimate of drug-likeness (QED) is 0.215. The first-order valence-electron chi connectivity index (χ1n) is 16.0. The molecule has 3 fully saturated rings. The Morgan fingerprint density at radius 3 is 2.59 bits per heavy atom. The summed E-state index contributed by atoms with van der Waals surface area (Å²) >= 11 is 0. The zero-order valence-electron chi connectivity index (χ0n) is 24.8. The molecule has 4 aliphatic carbocycles. The van der Waals surface area contributed by atoms with E-state index in [0.717, 1.165) is 74.2 Å². The summed E-state index contributed by atoms with van der Waals surface area (Å²) in [5, 5.41) is 2.95. The Balaban J connectivity index is 1.34. The maximum atomic E-state index is 12.4. The first kappa shape index (κ1) is 29.0. The van der Waals surface area contributed by atoms with Gasteiger partial charge in [0, 0.05) is 13.0 Å². The molecule has 0 aromatic rings. The van der Waals surface area contributed by atoms with Gasteiger partial charge in [0.25, 0.3) is 0 Å². The summed E-state index contributed by atoms with van der Waals surface area (Å²) in [7, 11) is 0. The lowest BCUT2D eigenvalue weighted by Gasteiger charge is -2.58. The number of carbonyl (C=O) groups excluding carboxylic acids is 1. The molecule has 212 valence electrons. The number of hydrogen-bond donors (Lipinski definition) is 2. The second-order valence-corrected chi connectivity index (χ2v) is 14.3. The zero-order chi connectivity index (χ0) is 26.6. The maximum absolute atomic E-state index is 12.4. The van der Waals surface area contributed by atoms with E-state index in [0.29, 0.717) is 17.4 Å². The van der Waals surface area contributed by atoms with Crippen molar-refractivity contribution in [1.82, 2.24) is 5.32 Å². The van der Waals surface area contributed by atoms with E-state index in [-0.39, 0.29) is 12.2 Å². The fourth-order valence-corrected chi connectivity index (χ4v) is 9.58. The van der Waals surface area contributed by atoms with Crippen molar-refractivity contribution >= 4 is 6.09 Å². The van der Waals surface area contributed by atoms with Crippen molar-refractivity contribution in [1.29, 1.82) is 0 Å². The fourth-order valence-electron chi connectivity index (χ4n) is 9.58. The highest BCUT2D eigenvalue weighted by atomic mass is 16.6. The van der Waals surface area contributed by atoms with Gasteiger partial charge in [-0.25, -0.2) is 4.79 Å². The molecule has 0 unspecified atom stereocenters. The molecule has 0 saturated heterocycles. The van der Waals surface area contributed by atoms with Gasteiger partial charge in [0.2, 0.25) is 0 Å². The topological polar surface area (TPSA) is 64.3 Å². The van der Waals surface area contributed by atoms with Crippen LogP contribution in [0.5, 0.6) is 0 Å². The van der Waals surface area contributed by atoms with Crippen LogP contribution in [0.4, 0.5) is 4.79 Å². The monoisotopic (exact) mass is 514 g/mol. The molecule has 0 aromatic heterocycles. The van der Waals surface area contributed by atoms with Crippen LogP contribution in [-0.4, -0.2) is 25.3 Å². The summed E-state index contributed by atoms with van der Waals surface area (Å²) in [6.07, 6.45) is 19.8. The number of ether oxygens (including phenoxy) is 1. The van der Waals surface area contributed by atoms with Crippen LogP contribution < -0.4 is 11.1 Å². The van der Waals surface area contributed by atoms with Gasteiger partial charge in [0.05, 0.1) is 0 Å². The van der Waals surface area contributed by atoms with E-state index < -0.39 is 0 Å². The molecule has 4 rings (SSSR count). The molecular formula is C33H58N2O2. The highest BCUT2D eigenvalue weighted by molar-refractivity contribution is 5.67. The van der Waals surface area contributed by atoms with Crippen molar-refractivity contribution in [3.63, 3.8) is 0 Å². The van der Waals surface area contributed by atoms with Gasteiger partial charge < -0.3 is 15.8 Å².